The number of aromatic nitrogens is 3. The Morgan fingerprint density at radius 2 is 2.10 bits per heavy atom. The van der Waals surface area contributed by atoms with Crippen molar-refractivity contribution in [2.45, 2.75) is 20.4 Å². The van der Waals surface area contributed by atoms with Crippen LogP contribution in [0.3, 0.4) is 0 Å². The van der Waals surface area contributed by atoms with E-state index in [4.69, 9.17) is 0 Å². The molecule has 0 amide bonds. The predicted octanol–water partition coefficient (Wildman–Crippen LogP) is 2.99. The summed E-state index contributed by atoms with van der Waals surface area (Å²) in [6, 6.07) is 11.2. The Kier molecular flexibility index (Phi) is 3.06. The summed E-state index contributed by atoms with van der Waals surface area (Å²) >= 11 is 0. The second-order valence-electron chi connectivity index (χ2n) is 4.73. The van der Waals surface area contributed by atoms with Crippen molar-refractivity contribution in [1.29, 1.82) is 0 Å². The first-order valence-corrected chi connectivity index (χ1v) is 6.63. The van der Waals surface area contributed by atoms with E-state index in [1.54, 1.807) is 10.9 Å². The molecule has 0 aliphatic rings. The third kappa shape index (κ3) is 2.09. The Bertz CT molecular complexity index is 789. The summed E-state index contributed by atoms with van der Waals surface area (Å²) in [5, 5.41) is 5.29. The lowest BCUT2D eigenvalue weighted by Gasteiger charge is -2.05. The quantitative estimate of drug-likeness (QED) is 0.684. The zero-order valence-corrected chi connectivity index (χ0v) is 11.5. The van der Waals surface area contributed by atoms with Crippen molar-refractivity contribution >= 4 is 16.7 Å². The molecule has 0 aliphatic carbocycles. The van der Waals surface area contributed by atoms with Crippen molar-refractivity contribution in [3.8, 4) is 0 Å². The molecule has 0 spiro atoms. The molecule has 4 nitrogen and oxygen atoms in total. The van der Waals surface area contributed by atoms with Crippen LogP contribution in [-0.2, 0) is 6.54 Å². The van der Waals surface area contributed by atoms with E-state index in [0.717, 1.165) is 16.6 Å². The molecule has 3 aromatic rings. The summed E-state index contributed by atoms with van der Waals surface area (Å²) in [5.41, 5.74) is 3.05. The molecule has 0 radical (unpaired) electrons. The second-order valence-corrected chi connectivity index (χ2v) is 4.73. The molecule has 0 aliphatic heterocycles. The summed E-state index contributed by atoms with van der Waals surface area (Å²) in [5.74, 6) is -0.00166. The normalized spacial score (nSPS) is 10.9. The van der Waals surface area contributed by atoms with E-state index in [-0.39, 0.29) is 5.78 Å². The molecule has 0 N–H and O–H groups in total. The van der Waals surface area contributed by atoms with Gasteiger partial charge in [-0.25, -0.2) is 0 Å². The maximum absolute atomic E-state index is 12.6. The minimum absolute atomic E-state index is 0.00166. The van der Waals surface area contributed by atoms with E-state index >= 15 is 0 Å². The van der Waals surface area contributed by atoms with Gasteiger partial charge >= 0.3 is 0 Å². The first-order valence-electron chi connectivity index (χ1n) is 6.63. The first kappa shape index (κ1) is 12.5. The van der Waals surface area contributed by atoms with Gasteiger partial charge in [0.05, 0.1) is 11.2 Å². The number of nitrogens with zero attached hydrogens (tertiary/aromatic N) is 3. The van der Waals surface area contributed by atoms with Crippen LogP contribution in [0.2, 0.25) is 0 Å². The topological polar surface area (TPSA) is 47.8 Å². The standard InChI is InChI=1S/C16H15N3O/c1-3-19-15(9-11(2)18-19)16(20)13-6-7-14-12(10-13)5-4-8-17-14/h4-10H,3H2,1-2H3. The number of pyridine rings is 1. The summed E-state index contributed by atoms with van der Waals surface area (Å²) in [6.07, 6.45) is 1.75. The molecule has 0 fully saturated rings. The van der Waals surface area contributed by atoms with Gasteiger partial charge in [0.2, 0.25) is 5.78 Å². The van der Waals surface area contributed by atoms with Crippen LogP contribution in [0.5, 0.6) is 0 Å². The average Bonchev–Trinajstić information content (AvgIpc) is 2.87. The highest BCUT2D eigenvalue weighted by atomic mass is 16.1. The number of aryl methyl sites for hydroxylation is 2. The van der Waals surface area contributed by atoms with Crippen molar-refractivity contribution in [2.24, 2.45) is 0 Å². The van der Waals surface area contributed by atoms with E-state index in [0.29, 0.717) is 17.8 Å². The highest BCUT2D eigenvalue weighted by Crippen LogP contribution is 2.17. The molecule has 0 unspecified atom stereocenters. The predicted molar refractivity (Wildman–Crippen MR) is 77.8 cm³/mol. The number of hydrogen-bond acceptors (Lipinski definition) is 3. The third-order valence-electron chi connectivity index (χ3n) is 3.30. The Morgan fingerprint density at radius 3 is 2.90 bits per heavy atom. The summed E-state index contributed by atoms with van der Waals surface area (Å²) < 4.78 is 1.74. The second kappa shape index (κ2) is 4.89. The summed E-state index contributed by atoms with van der Waals surface area (Å²) in [4.78, 5) is 16.9. The van der Waals surface area contributed by atoms with Gasteiger partial charge in [-0.3, -0.25) is 14.5 Å². The monoisotopic (exact) mass is 265 g/mol. The maximum atomic E-state index is 12.6. The van der Waals surface area contributed by atoms with Gasteiger partial charge in [-0.2, -0.15) is 5.10 Å². The minimum atomic E-state index is -0.00166. The largest absolute Gasteiger partial charge is 0.287 e. The summed E-state index contributed by atoms with van der Waals surface area (Å²) in [6.45, 7) is 4.56. The Labute approximate surface area is 117 Å². The van der Waals surface area contributed by atoms with Crippen LogP contribution < -0.4 is 0 Å². The van der Waals surface area contributed by atoms with Gasteiger partial charge in [-0.15, -0.1) is 0 Å². The van der Waals surface area contributed by atoms with Crippen LogP contribution in [-0.4, -0.2) is 20.5 Å². The van der Waals surface area contributed by atoms with Gasteiger partial charge < -0.3 is 0 Å². The number of fused-ring (bicyclic) bond motifs is 1. The molecular formula is C16H15N3O. The van der Waals surface area contributed by atoms with Crippen LogP contribution >= 0.6 is 0 Å². The van der Waals surface area contributed by atoms with Crippen LogP contribution in [0.15, 0.2) is 42.6 Å². The lowest BCUT2D eigenvalue weighted by molar-refractivity contribution is 0.102. The number of carbonyl (C=O) groups excluding carboxylic acids is 1. The summed E-state index contributed by atoms with van der Waals surface area (Å²) in [7, 11) is 0. The zero-order chi connectivity index (χ0) is 14.1. The fourth-order valence-corrected chi connectivity index (χ4v) is 2.33. The van der Waals surface area contributed by atoms with E-state index in [9.17, 15) is 4.79 Å². The fourth-order valence-electron chi connectivity index (χ4n) is 2.33. The van der Waals surface area contributed by atoms with E-state index < -0.39 is 0 Å². The van der Waals surface area contributed by atoms with Crippen molar-refractivity contribution in [3.63, 3.8) is 0 Å². The van der Waals surface area contributed by atoms with Gasteiger partial charge in [0.15, 0.2) is 0 Å². The Hall–Kier alpha value is -2.49. The average molecular weight is 265 g/mol. The molecular weight excluding hydrogens is 250 g/mol. The lowest BCUT2D eigenvalue weighted by atomic mass is 10.1. The zero-order valence-electron chi connectivity index (χ0n) is 11.5. The van der Waals surface area contributed by atoms with Crippen LogP contribution in [0, 0.1) is 6.92 Å². The van der Waals surface area contributed by atoms with Crippen molar-refractivity contribution in [1.82, 2.24) is 14.8 Å². The van der Waals surface area contributed by atoms with Gasteiger partial charge in [0, 0.05) is 23.7 Å². The number of carbonyl (C=O) groups is 1. The number of ketones is 1. The van der Waals surface area contributed by atoms with Gasteiger partial charge in [-0.05, 0) is 44.2 Å². The minimum Gasteiger partial charge on any atom is -0.287 e. The van der Waals surface area contributed by atoms with E-state index in [2.05, 4.69) is 10.1 Å². The molecule has 3 rings (SSSR count). The number of benzene rings is 1. The van der Waals surface area contributed by atoms with Crippen molar-refractivity contribution in [3.05, 3.63) is 59.5 Å². The third-order valence-corrected chi connectivity index (χ3v) is 3.30. The molecule has 0 bridgehead atoms. The SMILES string of the molecule is CCn1nc(C)cc1C(=O)c1ccc2ncccc2c1. The smallest absolute Gasteiger partial charge is 0.211 e. The molecule has 2 heterocycles. The maximum Gasteiger partial charge on any atom is 0.211 e. The van der Waals surface area contributed by atoms with Crippen molar-refractivity contribution < 1.29 is 4.79 Å². The number of hydrogen-bond donors (Lipinski definition) is 0. The van der Waals surface area contributed by atoms with E-state index in [1.807, 2.05) is 50.2 Å². The lowest BCUT2D eigenvalue weighted by Crippen LogP contribution is -2.10. The number of rotatable bonds is 3. The van der Waals surface area contributed by atoms with Gasteiger partial charge in [0.25, 0.3) is 0 Å². The van der Waals surface area contributed by atoms with E-state index in [1.165, 1.54) is 0 Å². The van der Waals surface area contributed by atoms with Crippen LogP contribution in [0.25, 0.3) is 10.9 Å². The highest BCUT2D eigenvalue weighted by molar-refractivity contribution is 6.09. The fraction of sp³-hybridized carbons (Fsp3) is 0.188. The van der Waals surface area contributed by atoms with Crippen LogP contribution in [0.1, 0.15) is 28.7 Å². The first-order chi connectivity index (χ1) is 9.69. The van der Waals surface area contributed by atoms with Crippen LogP contribution in [0.4, 0.5) is 0 Å². The molecule has 0 saturated heterocycles. The molecule has 1 aromatic carbocycles. The molecule has 4 heteroatoms. The molecule has 20 heavy (non-hydrogen) atoms. The Morgan fingerprint density at radius 1 is 1.25 bits per heavy atom. The molecule has 0 atom stereocenters. The van der Waals surface area contributed by atoms with Gasteiger partial charge in [0.1, 0.15) is 5.69 Å². The molecule has 2 aromatic heterocycles. The molecule has 0 saturated carbocycles. The van der Waals surface area contributed by atoms with Crippen molar-refractivity contribution in [2.75, 3.05) is 0 Å². The van der Waals surface area contributed by atoms with Gasteiger partial charge in [-0.1, -0.05) is 6.07 Å². The molecule has 100 valence electrons. The highest BCUT2D eigenvalue weighted by Gasteiger charge is 2.15. The Balaban J connectivity index is 2.07.